The average Bonchev–Trinajstić information content (AvgIpc) is 3.50. The molecule has 0 saturated carbocycles. The van der Waals surface area contributed by atoms with Crippen molar-refractivity contribution in [3.8, 4) is 17.3 Å². The number of nitrogens with one attached hydrogen (secondary N) is 2. The number of piperazine rings is 1. The summed E-state index contributed by atoms with van der Waals surface area (Å²) < 4.78 is 12.6. The van der Waals surface area contributed by atoms with E-state index in [2.05, 4.69) is 30.5 Å². The first-order chi connectivity index (χ1) is 18.5. The summed E-state index contributed by atoms with van der Waals surface area (Å²) in [5.74, 6) is 2.39. The minimum Gasteiger partial charge on any atom is -0.493 e. The lowest BCUT2D eigenvalue weighted by Gasteiger charge is -2.41. The minimum absolute atomic E-state index is 0.125. The highest BCUT2D eigenvalue weighted by Gasteiger charge is 2.32. The Labute approximate surface area is 222 Å². The smallest absolute Gasteiger partial charge is 0.317 e. The number of benzene rings is 1. The third-order valence-electron chi connectivity index (χ3n) is 6.38. The average molecular weight is 523 g/mol. The van der Waals surface area contributed by atoms with Crippen LogP contribution in [0.25, 0.3) is 5.82 Å². The first-order valence-electron chi connectivity index (χ1n) is 12.6. The Bertz CT molecular complexity index is 1220. The lowest BCUT2D eigenvalue weighted by atomic mass is 10.1. The zero-order chi connectivity index (χ0) is 26.9. The second-order valence-corrected chi connectivity index (χ2v) is 8.86. The van der Waals surface area contributed by atoms with Crippen LogP contribution in [0.1, 0.15) is 25.3 Å². The zero-order valence-electron chi connectivity index (χ0n) is 22.0. The van der Waals surface area contributed by atoms with Crippen LogP contribution in [0.15, 0.2) is 49.3 Å². The molecule has 12 heteroatoms. The topological polar surface area (TPSA) is 127 Å². The molecule has 0 spiro atoms. The van der Waals surface area contributed by atoms with Gasteiger partial charge in [-0.3, -0.25) is 9.36 Å². The number of rotatable bonds is 10. The maximum atomic E-state index is 13.1. The van der Waals surface area contributed by atoms with E-state index in [1.54, 1.807) is 42.4 Å². The fourth-order valence-electron chi connectivity index (χ4n) is 4.46. The van der Waals surface area contributed by atoms with Crippen LogP contribution >= 0.6 is 0 Å². The van der Waals surface area contributed by atoms with Gasteiger partial charge in [-0.15, -0.1) is 0 Å². The van der Waals surface area contributed by atoms with Crippen LogP contribution in [-0.4, -0.2) is 82.8 Å². The number of anilines is 1. The van der Waals surface area contributed by atoms with Crippen molar-refractivity contribution in [1.82, 2.24) is 35.1 Å². The van der Waals surface area contributed by atoms with Crippen LogP contribution in [0.5, 0.6) is 11.5 Å². The van der Waals surface area contributed by atoms with E-state index in [1.165, 1.54) is 6.33 Å². The highest BCUT2D eigenvalue weighted by molar-refractivity contribution is 5.78. The predicted molar refractivity (Wildman–Crippen MR) is 142 cm³/mol. The standard InChI is InChI=1S/C26H34N8O4/c1-4-8-28-26(36)32-11-12-34(23-14-22(30-17-31-23)33-10-9-27-18-33)20(16-32)13-24(35)29-15-19-6-5-7-21(37-2)25(19)38-3/h5-7,9-10,14,17-18,20H,4,8,11-13,15-16H2,1-3H3,(H,28,36)(H,29,35). The molecule has 1 aliphatic heterocycles. The zero-order valence-corrected chi connectivity index (χ0v) is 22.0. The molecule has 1 unspecified atom stereocenters. The molecule has 2 N–H and O–H groups in total. The maximum Gasteiger partial charge on any atom is 0.317 e. The summed E-state index contributed by atoms with van der Waals surface area (Å²) in [5, 5.41) is 5.93. The van der Waals surface area contributed by atoms with Gasteiger partial charge < -0.3 is 29.9 Å². The predicted octanol–water partition coefficient (Wildman–Crippen LogP) is 2.00. The van der Waals surface area contributed by atoms with Gasteiger partial charge in [-0.25, -0.2) is 19.7 Å². The summed E-state index contributed by atoms with van der Waals surface area (Å²) in [6.45, 7) is 4.32. The SMILES string of the molecule is CCCNC(=O)N1CCN(c2cc(-n3ccnc3)ncn2)C(CC(=O)NCc2cccc(OC)c2OC)C1. The Morgan fingerprint density at radius 2 is 1.95 bits per heavy atom. The molecular formula is C26H34N8O4. The van der Waals surface area contributed by atoms with Gasteiger partial charge in [-0.1, -0.05) is 19.1 Å². The molecule has 1 fully saturated rings. The van der Waals surface area contributed by atoms with Crippen molar-refractivity contribution in [1.29, 1.82) is 0 Å². The van der Waals surface area contributed by atoms with E-state index in [1.807, 2.05) is 31.2 Å². The molecule has 0 aliphatic carbocycles. The van der Waals surface area contributed by atoms with Crippen LogP contribution in [0.4, 0.5) is 10.6 Å². The lowest BCUT2D eigenvalue weighted by Crippen LogP contribution is -2.58. The van der Waals surface area contributed by atoms with Crippen molar-refractivity contribution in [2.75, 3.05) is 45.3 Å². The molecule has 2 aromatic heterocycles. The second kappa shape index (κ2) is 12.7. The largest absolute Gasteiger partial charge is 0.493 e. The number of urea groups is 1. The number of aromatic nitrogens is 4. The van der Waals surface area contributed by atoms with E-state index < -0.39 is 0 Å². The van der Waals surface area contributed by atoms with Crippen molar-refractivity contribution in [3.63, 3.8) is 0 Å². The molecule has 3 amide bonds. The summed E-state index contributed by atoms with van der Waals surface area (Å²) in [6.07, 6.45) is 7.68. The van der Waals surface area contributed by atoms with Gasteiger partial charge in [0, 0.05) is 63.2 Å². The number of nitrogens with zero attached hydrogens (tertiary/aromatic N) is 6. The summed E-state index contributed by atoms with van der Waals surface area (Å²) >= 11 is 0. The first kappa shape index (κ1) is 26.7. The number of ether oxygens (including phenoxy) is 2. The fourth-order valence-corrected chi connectivity index (χ4v) is 4.46. The Balaban J connectivity index is 1.50. The summed E-state index contributed by atoms with van der Waals surface area (Å²) in [7, 11) is 3.15. The van der Waals surface area contributed by atoms with Crippen molar-refractivity contribution in [2.45, 2.75) is 32.4 Å². The van der Waals surface area contributed by atoms with Crippen LogP contribution < -0.4 is 25.0 Å². The lowest BCUT2D eigenvalue weighted by molar-refractivity contribution is -0.121. The van der Waals surface area contributed by atoms with E-state index in [0.717, 1.165) is 12.0 Å². The molecule has 0 radical (unpaired) electrons. The van der Waals surface area contributed by atoms with Gasteiger partial charge in [-0.2, -0.15) is 0 Å². The molecule has 3 heterocycles. The first-order valence-corrected chi connectivity index (χ1v) is 12.6. The van der Waals surface area contributed by atoms with Crippen LogP contribution in [0.3, 0.4) is 0 Å². The Kier molecular flexibility index (Phi) is 8.96. The molecule has 38 heavy (non-hydrogen) atoms. The van der Waals surface area contributed by atoms with Gasteiger partial charge in [0.05, 0.1) is 20.3 Å². The number of carbonyl (C=O) groups excluding carboxylic acids is 2. The third-order valence-corrected chi connectivity index (χ3v) is 6.38. The van der Waals surface area contributed by atoms with E-state index in [0.29, 0.717) is 49.3 Å². The van der Waals surface area contributed by atoms with Crippen molar-refractivity contribution in [3.05, 3.63) is 54.9 Å². The molecule has 4 rings (SSSR count). The van der Waals surface area contributed by atoms with E-state index in [4.69, 9.17) is 9.47 Å². The van der Waals surface area contributed by atoms with Crippen LogP contribution in [0, 0.1) is 0 Å². The van der Waals surface area contributed by atoms with Crippen molar-refractivity contribution >= 4 is 17.8 Å². The van der Waals surface area contributed by atoms with Gasteiger partial charge in [0.25, 0.3) is 0 Å². The molecule has 202 valence electrons. The molecular weight excluding hydrogens is 488 g/mol. The molecule has 3 aromatic rings. The molecule has 1 atom stereocenters. The van der Waals surface area contributed by atoms with Crippen molar-refractivity contribution < 1.29 is 19.1 Å². The number of methoxy groups -OCH3 is 2. The molecule has 1 aliphatic rings. The third kappa shape index (κ3) is 6.31. The van der Waals surface area contributed by atoms with Gasteiger partial charge in [0.1, 0.15) is 24.3 Å². The maximum absolute atomic E-state index is 13.1. The summed E-state index contributed by atoms with van der Waals surface area (Å²) in [5.41, 5.74) is 0.807. The van der Waals surface area contributed by atoms with E-state index in [9.17, 15) is 9.59 Å². The van der Waals surface area contributed by atoms with Gasteiger partial charge >= 0.3 is 6.03 Å². The van der Waals surface area contributed by atoms with Gasteiger partial charge in [-0.05, 0) is 12.5 Å². The van der Waals surface area contributed by atoms with E-state index in [-0.39, 0.29) is 30.9 Å². The highest BCUT2D eigenvalue weighted by Crippen LogP contribution is 2.30. The molecule has 12 nitrogen and oxygen atoms in total. The highest BCUT2D eigenvalue weighted by atomic mass is 16.5. The summed E-state index contributed by atoms with van der Waals surface area (Å²) in [6, 6.07) is 6.99. The van der Waals surface area contributed by atoms with Gasteiger partial charge in [0.2, 0.25) is 5.91 Å². The quantitative estimate of drug-likeness (QED) is 0.414. The summed E-state index contributed by atoms with van der Waals surface area (Å²) in [4.78, 5) is 42.6. The number of hydrogen-bond donors (Lipinski definition) is 2. The molecule has 1 saturated heterocycles. The Hall–Kier alpha value is -4.35. The second-order valence-electron chi connectivity index (χ2n) is 8.86. The number of amides is 3. The van der Waals surface area contributed by atoms with Gasteiger partial charge in [0.15, 0.2) is 11.5 Å². The normalized spacial score (nSPS) is 15.2. The molecule has 1 aromatic carbocycles. The Morgan fingerprint density at radius 1 is 1.11 bits per heavy atom. The van der Waals surface area contributed by atoms with Crippen LogP contribution in [0.2, 0.25) is 0 Å². The van der Waals surface area contributed by atoms with Crippen LogP contribution in [-0.2, 0) is 11.3 Å². The van der Waals surface area contributed by atoms with E-state index >= 15 is 0 Å². The fraction of sp³-hybridized carbons (Fsp3) is 0.423. The monoisotopic (exact) mass is 522 g/mol. The number of para-hydroxylation sites is 1. The number of hydrogen-bond acceptors (Lipinski definition) is 8. The minimum atomic E-state index is -0.283. The number of imidazole rings is 1. The molecule has 0 bridgehead atoms. The number of carbonyl (C=O) groups is 2. The van der Waals surface area contributed by atoms with Crippen molar-refractivity contribution in [2.24, 2.45) is 0 Å². The Morgan fingerprint density at radius 3 is 2.68 bits per heavy atom.